The number of rotatable bonds is 12. The third kappa shape index (κ3) is 7.82. The Balaban J connectivity index is 1.46. The molecule has 0 fully saturated rings. The molecule has 1 nitrogen and oxygen atoms in total. The maximum absolute atomic E-state index is 12.3. The van der Waals surface area contributed by atoms with E-state index in [0.717, 1.165) is 24.0 Å². The molecule has 0 aliphatic rings. The van der Waals surface area contributed by atoms with Gasteiger partial charge < -0.3 is 4.74 Å². The Morgan fingerprint density at radius 2 is 1.03 bits per heavy atom. The van der Waals surface area contributed by atoms with Gasteiger partial charge in [-0.1, -0.05) is 93.3 Å². The van der Waals surface area contributed by atoms with Crippen LogP contribution in [0.1, 0.15) is 55.7 Å². The molecule has 164 valence electrons. The van der Waals surface area contributed by atoms with E-state index in [1.807, 2.05) is 0 Å². The van der Waals surface area contributed by atoms with Gasteiger partial charge in [0.1, 0.15) is 5.75 Å². The second-order valence-corrected chi connectivity index (χ2v) is 8.08. The highest BCUT2D eigenvalue weighted by molar-refractivity contribution is 5.64. The molecule has 0 aliphatic heterocycles. The molecule has 3 aromatic rings. The highest BCUT2D eigenvalue weighted by Crippen LogP contribution is 2.24. The number of halogens is 2. The number of alkyl halides is 2. The van der Waals surface area contributed by atoms with Gasteiger partial charge >= 0.3 is 6.61 Å². The van der Waals surface area contributed by atoms with Gasteiger partial charge in [0.25, 0.3) is 0 Å². The summed E-state index contributed by atoms with van der Waals surface area (Å²) in [5, 5.41) is 0. The van der Waals surface area contributed by atoms with Crippen molar-refractivity contribution in [3.63, 3.8) is 0 Å². The molecular formula is C28H32F2O. The molecule has 3 aromatic carbocycles. The van der Waals surface area contributed by atoms with Crippen LogP contribution in [-0.2, 0) is 19.3 Å². The van der Waals surface area contributed by atoms with Crippen LogP contribution in [0.5, 0.6) is 5.75 Å². The second kappa shape index (κ2) is 12.2. The van der Waals surface area contributed by atoms with Crippen LogP contribution in [0.25, 0.3) is 11.1 Å². The lowest BCUT2D eigenvalue weighted by Crippen LogP contribution is -2.01. The minimum atomic E-state index is -2.79. The molecule has 0 amide bonds. The van der Waals surface area contributed by atoms with Crippen LogP contribution in [0.3, 0.4) is 0 Å². The summed E-state index contributed by atoms with van der Waals surface area (Å²) in [6, 6.07) is 24.3. The third-order valence-corrected chi connectivity index (χ3v) is 5.66. The molecule has 31 heavy (non-hydrogen) atoms. The third-order valence-electron chi connectivity index (χ3n) is 5.66. The molecule has 0 aliphatic carbocycles. The number of unbranched alkanes of at least 4 members (excludes halogenated alkanes) is 4. The lowest BCUT2D eigenvalue weighted by molar-refractivity contribution is -0.0498. The van der Waals surface area contributed by atoms with Gasteiger partial charge in [-0.25, -0.2) is 0 Å². The maximum Gasteiger partial charge on any atom is 0.387 e. The molecule has 0 saturated heterocycles. The molecule has 3 heteroatoms. The molecule has 0 saturated carbocycles. The Labute approximate surface area is 185 Å². The van der Waals surface area contributed by atoms with Crippen molar-refractivity contribution in [2.75, 3.05) is 0 Å². The van der Waals surface area contributed by atoms with Crippen molar-refractivity contribution in [1.29, 1.82) is 0 Å². The lowest BCUT2D eigenvalue weighted by atomic mass is 9.99. The number of aryl methyl sites for hydroxylation is 3. The molecule has 0 atom stereocenters. The highest BCUT2D eigenvalue weighted by atomic mass is 19.3. The van der Waals surface area contributed by atoms with E-state index in [4.69, 9.17) is 0 Å². The average molecular weight is 423 g/mol. The fourth-order valence-corrected chi connectivity index (χ4v) is 3.79. The first-order valence-electron chi connectivity index (χ1n) is 11.4. The van der Waals surface area contributed by atoms with Gasteiger partial charge in [0.2, 0.25) is 0 Å². The molecule has 0 bridgehead atoms. The van der Waals surface area contributed by atoms with Gasteiger partial charge in [-0.05, 0) is 65.6 Å². The van der Waals surface area contributed by atoms with Crippen LogP contribution in [0.4, 0.5) is 8.78 Å². The zero-order chi connectivity index (χ0) is 21.9. The molecular weight excluding hydrogens is 390 g/mol. The number of hydrogen-bond acceptors (Lipinski definition) is 1. The van der Waals surface area contributed by atoms with Crippen LogP contribution in [0.15, 0.2) is 72.8 Å². The summed E-state index contributed by atoms with van der Waals surface area (Å²) in [6.07, 6.45) is 9.82. The SMILES string of the molecule is CCCCCCCc1ccc(CCc2ccc(-c3ccc(OC(F)F)cc3)cc2)cc1. The molecule has 0 radical (unpaired) electrons. The standard InChI is InChI=1S/C28H32F2O/c1-2-3-4-5-6-7-22-8-10-23(11-9-22)12-13-24-14-16-25(17-15-24)26-18-20-27(21-19-26)31-28(29)30/h8-11,14-21,28H,2-7,12-13H2,1H3. The van der Waals surface area contributed by atoms with Crippen LogP contribution in [0, 0.1) is 0 Å². The van der Waals surface area contributed by atoms with E-state index in [9.17, 15) is 8.78 Å². The molecule has 0 aromatic heterocycles. The quantitative estimate of drug-likeness (QED) is 0.267. The summed E-state index contributed by atoms with van der Waals surface area (Å²) >= 11 is 0. The van der Waals surface area contributed by atoms with Crippen LogP contribution in [0.2, 0.25) is 0 Å². The predicted octanol–water partition coefficient (Wildman–Crippen LogP) is 8.25. The summed E-state index contributed by atoms with van der Waals surface area (Å²) in [6.45, 7) is -0.542. The van der Waals surface area contributed by atoms with Crippen molar-refractivity contribution < 1.29 is 13.5 Å². The smallest absolute Gasteiger partial charge is 0.387 e. The van der Waals surface area contributed by atoms with Crippen molar-refractivity contribution in [2.45, 2.75) is 64.9 Å². The lowest BCUT2D eigenvalue weighted by Gasteiger charge is -2.08. The van der Waals surface area contributed by atoms with Gasteiger partial charge in [0.15, 0.2) is 0 Å². The van der Waals surface area contributed by atoms with Gasteiger partial charge in [0, 0.05) is 0 Å². The van der Waals surface area contributed by atoms with E-state index in [0.29, 0.717) is 0 Å². The van der Waals surface area contributed by atoms with E-state index < -0.39 is 6.61 Å². The van der Waals surface area contributed by atoms with E-state index in [1.54, 1.807) is 24.3 Å². The first-order valence-corrected chi connectivity index (χ1v) is 11.4. The summed E-state index contributed by atoms with van der Waals surface area (Å²) in [7, 11) is 0. The van der Waals surface area contributed by atoms with Crippen molar-refractivity contribution in [2.24, 2.45) is 0 Å². The second-order valence-electron chi connectivity index (χ2n) is 8.08. The maximum atomic E-state index is 12.3. The van der Waals surface area contributed by atoms with Crippen LogP contribution >= 0.6 is 0 Å². The Kier molecular flexibility index (Phi) is 9.08. The fraction of sp³-hybridized carbons (Fsp3) is 0.357. The van der Waals surface area contributed by atoms with Crippen molar-refractivity contribution in [1.82, 2.24) is 0 Å². The average Bonchev–Trinajstić information content (AvgIpc) is 2.79. The van der Waals surface area contributed by atoms with E-state index in [2.05, 4.69) is 60.2 Å². The normalized spacial score (nSPS) is 11.1. The Morgan fingerprint density at radius 1 is 0.581 bits per heavy atom. The Hall–Kier alpha value is -2.68. The number of ether oxygens (including phenoxy) is 1. The van der Waals surface area contributed by atoms with Gasteiger partial charge in [-0.3, -0.25) is 0 Å². The van der Waals surface area contributed by atoms with Crippen LogP contribution < -0.4 is 4.74 Å². The largest absolute Gasteiger partial charge is 0.435 e. The molecule has 3 rings (SSSR count). The van der Waals surface area contributed by atoms with E-state index in [1.165, 1.54) is 55.2 Å². The van der Waals surface area contributed by atoms with E-state index in [-0.39, 0.29) is 5.75 Å². The summed E-state index contributed by atoms with van der Waals surface area (Å²) in [5.74, 6) is 0.179. The van der Waals surface area contributed by atoms with Crippen LogP contribution in [-0.4, -0.2) is 6.61 Å². The Morgan fingerprint density at radius 3 is 1.55 bits per heavy atom. The molecule has 0 unspecified atom stereocenters. The summed E-state index contributed by atoms with van der Waals surface area (Å²) in [5.41, 5.74) is 6.15. The minimum absolute atomic E-state index is 0.179. The van der Waals surface area contributed by atoms with E-state index >= 15 is 0 Å². The predicted molar refractivity (Wildman–Crippen MR) is 125 cm³/mol. The van der Waals surface area contributed by atoms with Crippen molar-refractivity contribution >= 4 is 0 Å². The van der Waals surface area contributed by atoms with Gasteiger partial charge in [-0.2, -0.15) is 8.78 Å². The Bertz CT molecular complexity index is 884. The number of hydrogen-bond donors (Lipinski definition) is 0. The summed E-state index contributed by atoms with van der Waals surface area (Å²) in [4.78, 5) is 0. The van der Waals surface area contributed by atoms with Gasteiger partial charge in [0.05, 0.1) is 0 Å². The topological polar surface area (TPSA) is 9.23 Å². The van der Waals surface area contributed by atoms with Gasteiger partial charge in [-0.15, -0.1) is 0 Å². The molecule has 0 heterocycles. The van der Waals surface area contributed by atoms with Crippen molar-refractivity contribution in [3.8, 4) is 16.9 Å². The molecule has 0 N–H and O–H groups in total. The number of benzene rings is 3. The monoisotopic (exact) mass is 422 g/mol. The van der Waals surface area contributed by atoms with Crippen molar-refractivity contribution in [3.05, 3.63) is 89.5 Å². The first kappa shape index (κ1) is 23.0. The summed E-state index contributed by atoms with van der Waals surface area (Å²) < 4.78 is 28.9. The molecule has 0 spiro atoms. The fourth-order valence-electron chi connectivity index (χ4n) is 3.79. The highest BCUT2D eigenvalue weighted by Gasteiger charge is 2.05. The zero-order valence-corrected chi connectivity index (χ0v) is 18.3. The first-order chi connectivity index (χ1) is 15.1. The minimum Gasteiger partial charge on any atom is -0.435 e. The zero-order valence-electron chi connectivity index (χ0n) is 18.3.